The van der Waals surface area contributed by atoms with Crippen molar-refractivity contribution in [1.82, 2.24) is 19.4 Å². The minimum atomic E-state index is -0.840. The molecule has 0 spiro atoms. The molecule has 0 saturated heterocycles. The monoisotopic (exact) mass is 294 g/mol. The third kappa shape index (κ3) is 3.29. The summed E-state index contributed by atoms with van der Waals surface area (Å²) in [5, 5.41) is 9.56. The number of fused-ring (bicyclic) bond motifs is 1. The minimum Gasteiger partial charge on any atom is -0.481 e. The summed E-state index contributed by atoms with van der Waals surface area (Å²) in [6.45, 7) is 2.88. The molecule has 0 radical (unpaired) electrons. The number of carboxylic acids is 1. The van der Waals surface area contributed by atoms with Crippen molar-refractivity contribution in [2.24, 2.45) is 0 Å². The summed E-state index contributed by atoms with van der Waals surface area (Å²) in [6.07, 6.45) is 3.43. The molecule has 20 heavy (non-hydrogen) atoms. The van der Waals surface area contributed by atoms with E-state index >= 15 is 0 Å². The van der Waals surface area contributed by atoms with Gasteiger partial charge in [0.15, 0.2) is 5.16 Å². The van der Waals surface area contributed by atoms with Crippen LogP contribution in [0.1, 0.15) is 6.92 Å². The second-order valence-corrected chi connectivity index (χ2v) is 5.81. The molecule has 108 valence electrons. The van der Waals surface area contributed by atoms with Crippen LogP contribution in [0.2, 0.25) is 0 Å². The van der Waals surface area contributed by atoms with Gasteiger partial charge in [0, 0.05) is 18.8 Å². The number of imidazole rings is 1. The average Bonchev–Trinajstić information content (AvgIpc) is 2.74. The Bertz CT molecular complexity index is 611. The Labute approximate surface area is 121 Å². The normalized spacial score (nSPS) is 13.0. The van der Waals surface area contributed by atoms with Gasteiger partial charge in [0.2, 0.25) is 0 Å². The van der Waals surface area contributed by atoms with Crippen molar-refractivity contribution in [2.75, 3.05) is 19.8 Å². The fourth-order valence-corrected chi connectivity index (χ4v) is 2.54. The first-order chi connectivity index (χ1) is 9.49. The molecule has 6 nitrogen and oxygen atoms in total. The van der Waals surface area contributed by atoms with Gasteiger partial charge in [-0.05, 0) is 27.1 Å². The number of hydrogen-bond donors (Lipinski definition) is 1. The van der Waals surface area contributed by atoms with E-state index in [9.17, 15) is 4.79 Å². The number of rotatable bonds is 6. The summed E-state index contributed by atoms with van der Waals surface area (Å²) in [5.41, 5.74) is 1.79. The quantitative estimate of drug-likeness (QED) is 0.815. The minimum absolute atomic E-state index is 0.00704. The zero-order valence-corrected chi connectivity index (χ0v) is 12.6. The van der Waals surface area contributed by atoms with Crippen molar-refractivity contribution in [3.05, 3.63) is 18.5 Å². The lowest BCUT2D eigenvalue weighted by atomic mass is 10.3. The summed E-state index contributed by atoms with van der Waals surface area (Å²) in [5.74, 6) is -0.833. The van der Waals surface area contributed by atoms with Crippen LogP contribution >= 0.6 is 11.8 Å². The highest BCUT2D eigenvalue weighted by molar-refractivity contribution is 7.99. The molecule has 1 atom stereocenters. The predicted molar refractivity (Wildman–Crippen MR) is 79.0 cm³/mol. The number of pyridine rings is 1. The SMILES string of the molecule is CC(Cn1c(SCC(=O)O)nc2cnccc21)N(C)C. The first kappa shape index (κ1) is 14.8. The molecule has 2 heterocycles. The summed E-state index contributed by atoms with van der Waals surface area (Å²) in [6, 6.07) is 2.24. The van der Waals surface area contributed by atoms with Crippen LogP contribution in [-0.4, -0.2) is 56.4 Å². The second-order valence-electron chi connectivity index (χ2n) is 4.86. The number of aromatic nitrogens is 3. The summed E-state index contributed by atoms with van der Waals surface area (Å²) in [4.78, 5) is 21.4. The number of aliphatic carboxylic acids is 1. The summed E-state index contributed by atoms with van der Waals surface area (Å²) < 4.78 is 2.06. The molecule has 2 rings (SSSR count). The lowest BCUT2D eigenvalue weighted by Crippen LogP contribution is -2.29. The highest BCUT2D eigenvalue weighted by Gasteiger charge is 2.15. The Kier molecular flexibility index (Phi) is 4.61. The number of carboxylic acid groups (broad SMARTS) is 1. The van der Waals surface area contributed by atoms with Gasteiger partial charge in [0.05, 0.1) is 17.5 Å². The molecule has 0 aliphatic rings. The predicted octanol–water partition coefficient (Wildman–Crippen LogP) is 1.56. The lowest BCUT2D eigenvalue weighted by molar-refractivity contribution is -0.133. The highest BCUT2D eigenvalue weighted by Crippen LogP contribution is 2.24. The molecule has 1 N–H and O–H groups in total. The number of nitrogens with zero attached hydrogens (tertiary/aromatic N) is 4. The zero-order chi connectivity index (χ0) is 14.7. The molecule has 2 aromatic heterocycles. The van der Waals surface area contributed by atoms with Gasteiger partial charge in [0.1, 0.15) is 5.52 Å². The van der Waals surface area contributed by atoms with Crippen LogP contribution in [0.4, 0.5) is 0 Å². The lowest BCUT2D eigenvalue weighted by Gasteiger charge is -2.21. The van der Waals surface area contributed by atoms with E-state index in [4.69, 9.17) is 5.11 Å². The van der Waals surface area contributed by atoms with Gasteiger partial charge in [0.25, 0.3) is 0 Å². The molecular formula is C13H18N4O2S. The van der Waals surface area contributed by atoms with Gasteiger partial charge >= 0.3 is 5.97 Å². The van der Waals surface area contributed by atoms with Crippen LogP contribution in [0, 0.1) is 0 Å². The third-order valence-corrected chi connectivity index (χ3v) is 4.13. The van der Waals surface area contributed by atoms with Crippen molar-refractivity contribution in [3.8, 4) is 0 Å². The molecule has 0 aromatic carbocycles. The van der Waals surface area contributed by atoms with E-state index in [0.29, 0.717) is 6.04 Å². The molecule has 0 bridgehead atoms. The Morgan fingerprint density at radius 2 is 2.30 bits per heavy atom. The molecule has 2 aromatic rings. The van der Waals surface area contributed by atoms with Crippen LogP contribution in [-0.2, 0) is 11.3 Å². The standard InChI is InChI=1S/C13H18N4O2S/c1-9(16(2)3)7-17-11-4-5-14-6-10(11)15-13(17)20-8-12(18)19/h4-6,9H,7-8H2,1-3H3,(H,18,19). The van der Waals surface area contributed by atoms with Crippen LogP contribution in [0.15, 0.2) is 23.6 Å². The van der Waals surface area contributed by atoms with Gasteiger partial charge < -0.3 is 14.6 Å². The maximum absolute atomic E-state index is 10.8. The van der Waals surface area contributed by atoms with Gasteiger partial charge in [-0.1, -0.05) is 11.8 Å². The van der Waals surface area contributed by atoms with Crippen molar-refractivity contribution in [2.45, 2.75) is 24.7 Å². The van der Waals surface area contributed by atoms with Gasteiger partial charge in [-0.3, -0.25) is 9.78 Å². The van der Waals surface area contributed by atoms with Crippen molar-refractivity contribution >= 4 is 28.8 Å². The number of carbonyl (C=O) groups is 1. The maximum Gasteiger partial charge on any atom is 0.313 e. The Morgan fingerprint density at radius 3 is 2.95 bits per heavy atom. The van der Waals surface area contributed by atoms with Crippen LogP contribution in [0.25, 0.3) is 11.0 Å². The van der Waals surface area contributed by atoms with E-state index in [-0.39, 0.29) is 5.75 Å². The number of hydrogen-bond acceptors (Lipinski definition) is 5. The fraction of sp³-hybridized carbons (Fsp3) is 0.462. The first-order valence-electron chi connectivity index (χ1n) is 6.30. The third-order valence-electron chi connectivity index (χ3n) is 3.17. The van der Waals surface area contributed by atoms with Gasteiger partial charge in [-0.25, -0.2) is 4.98 Å². The fourth-order valence-electron chi connectivity index (χ4n) is 1.80. The Morgan fingerprint density at radius 1 is 1.55 bits per heavy atom. The van der Waals surface area contributed by atoms with E-state index in [1.54, 1.807) is 12.4 Å². The number of thioether (sulfide) groups is 1. The zero-order valence-electron chi connectivity index (χ0n) is 11.8. The molecule has 0 aliphatic carbocycles. The maximum atomic E-state index is 10.8. The largest absolute Gasteiger partial charge is 0.481 e. The van der Waals surface area contributed by atoms with Crippen LogP contribution < -0.4 is 0 Å². The number of likely N-dealkylation sites (N-methyl/N-ethyl adjacent to an activating group) is 1. The van der Waals surface area contributed by atoms with Crippen molar-refractivity contribution in [1.29, 1.82) is 0 Å². The smallest absolute Gasteiger partial charge is 0.313 e. The van der Waals surface area contributed by atoms with Crippen LogP contribution in [0.5, 0.6) is 0 Å². The van der Waals surface area contributed by atoms with E-state index in [1.807, 2.05) is 20.2 Å². The Hall–Kier alpha value is -1.60. The van der Waals surface area contributed by atoms with E-state index in [0.717, 1.165) is 22.7 Å². The van der Waals surface area contributed by atoms with E-state index in [2.05, 4.69) is 26.4 Å². The molecular weight excluding hydrogens is 276 g/mol. The van der Waals surface area contributed by atoms with E-state index < -0.39 is 5.97 Å². The van der Waals surface area contributed by atoms with E-state index in [1.165, 1.54) is 11.8 Å². The van der Waals surface area contributed by atoms with Crippen molar-refractivity contribution in [3.63, 3.8) is 0 Å². The summed E-state index contributed by atoms with van der Waals surface area (Å²) in [7, 11) is 4.05. The van der Waals surface area contributed by atoms with Gasteiger partial charge in [-0.2, -0.15) is 0 Å². The molecule has 1 unspecified atom stereocenters. The molecule has 7 heteroatoms. The molecule has 0 amide bonds. The second kappa shape index (κ2) is 6.23. The molecule has 0 fully saturated rings. The molecule has 0 saturated carbocycles. The van der Waals surface area contributed by atoms with Crippen molar-refractivity contribution < 1.29 is 9.90 Å². The first-order valence-corrected chi connectivity index (χ1v) is 7.29. The topological polar surface area (TPSA) is 71.2 Å². The highest BCUT2D eigenvalue weighted by atomic mass is 32.2. The Balaban J connectivity index is 2.36. The summed E-state index contributed by atoms with van der Waals surface area (Å²) >= 11 is 1.24. The average molecular weight is 294 g/mol. The molecule has 0 aliphatic heterocycles. The van der Waals surface area contributed by atoms with Gasteiger partial charge in [-0.15, -0.1) is 0 Å². The van der Waals surface area contributed by atoms with Crippen LogP contribution in [0.3, 0.4) is 0 Å².